The smallest absolute Gasteiger partial charge is 0.349 e. The van der Waals surface area contributed by atoms with Gasteiger partial charge in [0.1, 0.15) is 9.77 Å². The molecule has 0 amide bonds. The highest BCUT2D eigenvalue weighted by Gasteiger charge is 2.37. The van der Waals surface area contributed by atoms with Gasteiger partial charge in [-0.25, -0.2) is 13.2 Å². The molecule has 1 aromatic rings. The van der Waals surface area contributed by atoms with Gasteiger partial charge in [0.2, 0.25) is 10.0 Å². The molecule has 2 aliphatic rings. The molecule has 3 rings (SSSR count). The third-order valence-electron chi connectivity index (χ3n) is 4.64. The van der Waals surface area contributed by atoms with Gasteiger partial charge in [0.15, 0.2) is 0 Å². The van der Waals surface area contributed by atoms with Gasteiger partial charge in [-0.05, 0) is 49.6 Å². The summed E-state index contributed by atoms with van der Waals surface area (Å²) in [7, 11) is -2.44. The molecule has 6 nitrogen and oxygen atoms in total. The SMILES string of the molecule is COC(=O)c1sccc1S(=O)(=O)N1CCCSCC1CN1CCCC1. The van der Waals surface area contributed by atoms with Crippen molar-refractivity contribution >= 4 is 39.1 Å². The molecule has 0 saturated carbocycles. The molecule has 1 unspecified atom stereocenters. The Balaban J connectivity index is 1.89. The predicted octanol–water partition coefficient (Wildman–Crippen LogP) is 2.13. The van der Waals surface area contributed by atoms with Gasteiger partial charge in [0.25, 0.3) is 0 Å². The van der Waals surface area contributed by atoms with Crippen LogP contribution in [0.1, 0.15) is 28.9 Å². The summed E-state index contributed by atoms with van der Waals surface area (Å²) >= 11 is 2.93. The van der Waals surface area contributed by atoms with E-state index >= 15 is 0 Å². The van der Waals surface area contributed by atoms with Crippen LogP contribution in [0.3, 0.4) is 0 Å². The standard InChI is InChI=1S/C16H24N2O4S3/c1-22-16(19)15-14(5-10-24-15)25(20,21)18-8-4-9-23-12-13(18)11-17-6-2-3-7-17/h5,10,13H,2-4,6-9,11-12H2,1H3. The van der Waals surface area contributed by atoms with Crippen molar-refractivity contribution in [2.24, 2.45) is 0 Å². The molecule has 0 bridgehead atoms. The highest BCUT2D eigenvalue weighted by Crippen LogP contribution is 2.30. The van der Waals surface area contributed by atoms with E-state index < -0.39 is 16.0 Å². The highest BCUT2D eigenvalue weighted by molar-refractivity contribution is 7.99. The van der Waals surface area contributed by atoms with E-state index in [4.69, 9.17) is 4.74 Å². The number of rotatable bonds is 5. The van der Waals surface area contributed by atoms with E-state index in [1.165, 1.54) is 26.0 Å². The van der Waals surface area contributed by atoms with Crippen LogP contribution in [0, 0.1) is 0 Å². The second-order valence-electron chi connectivity index (χ2n) is 6.31. The number of ether oxygens (including phenoxy) is 1. The van der Waals surface area contributed by atoms with Crippen molar-refractivity contribution in [3.63, 3.8) is 0 Å². The number of thiophene rings is 1. The second-order valence-corrected chi connectivity index (χ2v) is 10.2. The molecule has 0 spiro atoms. The summed E-state index contributed by atoms with van der Waals surface area (Å²) in [6.45, 7) is 3.36. The molecular weight excluding hydrogens is 380 g/mol. The summed E-state index contributed by atoms with van der Waals surface area (Å²) in [5.41, 5.74) is 0. The van der Waals surface area contributed by atoms with E-state index in [1.807, 2.05) is 11.8 Å². The van der Waals surface area contributed by atoms with E-state index in [0.29, 0.717) is 6.54 Å². The summed E-state index contributed by atoms with van der Waals surface area (Å²) in [4.78, 5) is 14.6. The monoisotopic (exact) mass is 404 g/mol. The molecule has 2 fully saturated rings. The van der Waals surface area contributed by atoms with Gasteiger partial charge in [0, 0.05) is 24.9 Å². The van der Waals surface area contributed by atoms with Crippen LogP contribution in [-0.2, 0) is 14.8 Å². The van der Waals surface area contributed by atoms with Gasteiger partial charge in [0.05, 0.1) is 7.11 Å². The second kappa shape index (κ2) is 8.39. The Labute approximate surface area is 157 Å². The fourth-order valence-corrected chi connectivity index (χ4v) is 7.51. The third-order valence-corrected chi connectivity index (χ3v) is 8.85. The minimum Gasteiger partial charge on any atom is -0.465 e. The van der Waals surface area contributed by atoms with Gasteiger partial charge in [-0.15, -0.1) is 11.3 Å². The Hall–Kier alpha value is -0.610. The molecule has 2 aliphatic heterocycles. The lowest BCUT2D eigenvalue weighted by atomic mass is 10.3. The molecule has 1 atom stereocenters. The maximum atomic E-state index is 13.3. The number of hydrogen-bond donors (Lipinski definition) is 0. The average molecular weight is 405 g/mol. The molecule has 3 heterocycles. The number of carbonyl (C=O) groups is 1. The zero-order chi connectivity index (χ0) is 17.9. The molecule has 0 radical (unpaired) electrons. The molecule has 140 valence electrons. The third kappa shape index (κ3) is 4.21. The van der Waals surface area contributed by atoms with Gasteiger partial charge < -0.3 is 9.64 Å². The molecule has 25 heavy (non-hydrogen) atoms. The lowest BCUT2D eigenvalue weighted by Gasteiger charge is -2.31. The van der Waals surface area contributed by atoms with E-state index in [-0.39, 0.29) is 15.8 Å². The molecule has 9 heteroatoms. The lowest BCUT2D eigenvalue weighted by Crippen LogP contribution is -2.47. The van der Waals surface area contributed by atoms with E-state index in [9.17, 15) is 13.2 Å². The average Bonchev–Trinajstić information content (AvgIpc) is 3.23. The Morgan fingerprint density at radius 2 is 2.04 bits per heavy atom. The normalized spacial score (nSPS) is 23.5. The fraction of sp³-hybridized carbons (Fsp3) is 0.688. The van der Waals surface area contributed by atoms with Crippen LogP contribution < -0.4 is 0 Å². The number of nitrogens with zero attached hydrogens (tertiary/aromatic N) is 2. The maximum Gasteiger partial charge on any atom is 0.349 e. The van der Waals surface area contributed by atoms with Crippen molar-refractivity contribution in [3.8, 4) is 0 Å². The largest absolute Gasteiger partial charge is 0.465 e. The molecule has 0 N–H and O–H groups in total. The number of carbonyl (C=O) groups excluding carboxylic acids is 1. The highest BCUT2D eigenvalue weighted by atomic mass is 32.2. The Morgan fingerprint density at radius 1 is 1.28 bits per heavy atom. The minimum absolute atomic E-state index is 0.0546. The lowest BCUT2D eigenvalue weighted by molar-refractivity contribution is 0.0602. The van der Waals surface area contributed by atoms with E-state index in [2.05, 4.69) is 4.90 Å². The molecule has 2 saturated heterocycles. The summed E-state index contributed by atoms with van der Waals surface area (Å²) in [6, 6.07) is 1.47. The quantitative estimate of drug-likeness (QED) is 0.701. The van der Waals surface area contributed by atoms with Gasteiger partial charge in [-0.1, -0.05) is 0 Å². The first-order valence-corrected chi connectivity index (χ1v) is 12.0. The van der Waals surface area contributed by atoms with Crippen LogP contribution in [0.15, 0.2) is 16.3 Å². The Bertz CT molecular complexity index is 698. The maximum absolute atomic E-state index is 13.3. The topological polar surface area (TPSA) is 66.9 Å². The van der Waals surface area contributed by atoms with Crippen molar-refractivity contribution in [2.75, 3.05) is 44.8 Å². The van der Waals surface area contributed by atoms with Crippen molar-refractivity contribution in [3.05, 3.63) is 16.3 Å². The van der Waals surface area contributed by atoms with Gasteiger partial charge in [-0.3, -0.25) is 0 Å². The zero-order valence-electron chi connectivity index (χ0n) is 14.3. The number of methoxy groups -OCH3 is 1. The fourth-order valence-electron chi connectivity index (χ4n) is 3.40. The number of sulfonamides is 1. The molecular formula is C16H24N2O4S3. The van der Waals surface area contributed by atoms with E-state index in [1.54, 1.807) is 9.69 Å². The minimum atomic E-state index is -3.72. The number of hydrogen-bond acceptors (Lipinski definition) is 7. The van der Waals surface area contributed by atoms with E-state index in [0.717, 1.165) is 48.9 Å². The number of likely N-dealkylation sites (tertiary alicyclic amines) is 1. The summed E-state index contributed by atoms with van der Waals surface area (Å²) < 4.78 is 33.0. The predicted molar refractivity (Wildman–Crippen MR) is 101 cm³/mol. The van der Waals surface area contributed by atoms with Crippen molar-refractivity contribution in [1.82, 2.24) is 9.21 Å². The first kappa shape index (κ1) is 19.2. The van der Waals surface area contributed by atoms with Crippen LogP contribution in [0.5, 0.6) is 0 Å². The van der Waals surface area contributed by atoms with Crippen LogP contribution >= 0.6 is 23.1 Å². The number of thioether (sulfide) groups is 1. The first-order chi connectivity index (χ1) is 12.0. The van der Waals surface area contributed by atoms with Crippen molar-refractivity contribution in [1.29, 1.82) is 0 Å². The van der Waals surface area contributed by atoms with Gasteiger partial charge in [-0.2, -0.15) is 16.1 Å². The van der Waals surface area contributed by atoms with Crippen LogP contribution in [0.4, 0.5) is 0 Å². The molecule has 1 aromatic heterocycles. The van der Waals surface area contributed by atoms with Gasteiger partial charge >= 0.3 is 5.97 Å². The Kier molecular flexibility index (Phi) is 6.43. The van der Waals surface area contributed by atoms with Crippen LogP contribution in [-0.4, -0.2) is 74.4 Å². The zero-order valence-corrected chi connectivity index (χ0v) is 16.8. The summed E-state index contributed by atoms with van der Waals surface area (Å²) in [5.74, 6) is 1.18. The van der Waals surface area contributed by atoms with Crippen LogP contribution in [0.2, 0.25) is 0 Å². The van der Waals surface area contributed by atoms with Crippen molar-refractivity contribution < 1.29 is 17.9 Å². The Morgan fingerprint density at radius 3 is 2.76 bits per heavy atom. The molecule has 0 aliphatic carbocycles. The summed E-state index contributed by atoms with van der Waals surface area (Å²) in [5, 5.41) is 1.64. The summed E-state index contributed by atoms with van der Waals surface area (Å²) in [6.07, 6.45) is 3.20. The van der Waals surface area contributed by atoms with Crippen LogP contribution in [0.25, 0.3) is 0 Å². The molecule has 0 aromatic carbocycles. The first-order valence-electron chi connectivity index (χ1n) is 8.52. The number of esters is 1. The van der Waals surface area contributed by atoms with Crippen molar-refractivity contribution in [2.45, 2.75) is 30.2 Å².